The zero-order chi connectivity index (χ0) is 17.9. The van der Waals surface area contributed by atoms with Gasteiger partial charge in [-0.05, 0) is 39.5 Å². The van der Waals surface area contributed by atoms with Crippen molar-refractivity contribution < 1.29 is 17.7 Å². The van der Waals surface area contributed by atoms with Crippen LogP contribution in [0.2, 0.25) is 0 Å². The predicted molar refractivity (Wildman–Crippen MR) is 90.0 cm³/mol. The highest BCUT2D eigenvalue weighted by Crippen LogP contribution is 2.27. The SMILES string of the molecule is CCC(CC)NC(=O)C1CCN(S(=O)(=O)c2c(C)noc2C)CC1. The van der Waals surface area contributed by atoms with E-state index in [0.29, 0.717) is 37.4 Å². The monoisotopic (exact) mass is 357 g/mol. The van der Waals surface area contributed by atoms with Crippen molar-refractivity contribution in [3.8, 4) is 0 Å². The van der Waals surface area contributed by atoms with Gasteiger partial charge in [-0.25, -0.2) is 8.42 Å². The van der Waals surface area contributed by atoms with E-state index in [-0.39, 0.29) is 22.8 Å². The van der Waals surface area contributed by atoms with Crippen LogP contribution in [0.3, 0.4) is 0 Å². The molecule has 0 radical (unpaired) electrons. The maximum atomic E-state index is 12.8. The highest BCUT2D eigenvalue weighted by atomic mass is 32.2. The number of rotatable bonds is 6. The molecule has 2 heterocycles. The molecule has 1 aromatic heterocycles. The Bertz CT molecular complexity index is 652. The molecule has 136 valence electrons. The van der Waals surface area contributed by atoms with Gasteiger partial charge in [0.25, 0.3) is 0 Å². The van der Waals surface area contributed by atoms with Crippen LogP contribution < -0.4 is 5.32 Å². The number of carbonyl (C=O) groups is 1. The summed E-state index contributed by atoms with van der Waals surface area (Å²) >= 11 is 0. The molecule has 0 unspecified atom stereocenters. The lowest BCUT2D eigenvalue weighted by atomic mass is 9.96. The van der Waals surface area contributed by atoms with Crippen LogP contribution in [0.15, 0.2) is 9.42 Å². The fraction of sp³-hybridized carbons (Fsp3) is 0.750. The molecule has 1 aliphatic heterocycles. The van der Waals surface area contributed by atoms with Crippen molar-refractivity contribution in [1.29, 1.82) is 0 Å². The Hall–Kier alpha value is -1.41. The number of aryl methyl sites for hydroxylation is 2. The molecule has 1 aromatic rings. The molecule has 0 bridgehead atoms. The highest BCUT2D eigenvalue weighted by Gasteiger charge is 2.35. The van der Waals surface area contributed by atoms with E-state index in [1.54, 1.807) is 13.8 Å². The standard InChI is InChI=1S/C16H27N3O4S/c1-5-14(6-2)17-16(20)13-7-9-19(10-8-13)24(21,22)15-11(3)18-23-12(15)4/h13-14H,5-10H2,1-4H3,(H,17,20). The van der Waals surface area contributed by atoms with E-state index in [4.69, 9.17) is 4.52 Å². The molecule has 0 spiro atoms. The van der Waals surface area contributed by atoms with Crippen molar-refractivity contribution in [2.45, 2.75) is 64.3 Å². The second kappa shape index (κ2) is 7.65. The van der Waals surface area contributed by atoms with Crippen LogP contribution in [-0.4, -0.2) is 42.9 Å². The molecule has 1 aliphatic rings. The Labute approximate surface area is 143 Å². The van der Waals surface area contributed by atoms with E-state index in [2.05, 4.69) is 10.5 Å². The van der Waals surface area contributed by atoms with Crippen molar-refractivity contribution in [3.63, 3.8) is 0 Å². The van der Waals surface area contributed by atoms with Gasteiger partial charge in [0.15, 0.2) is 5.76 Å². The first-order chi connectivity index (χ1) is 11.3. The first kappa shape index (κ1) is 18.9. The fourth-order valence-corrected chi connectivity index (χ4v) is 4.90. The Morgan fingerprint density at radius 1 is 1.29 bits per heavy atom. The number of aromatic nitrogens is 1. The van der Waals surface area contributed by atoms with Crippen LogP contribution in [0.4, 0.5) is 0 Å². The summed E-state index contributed by atoms with van der Waals surface area (Å²) in [7, 11) is -3.62. The number of nitrogens with zero attached hydrogens (tertiary/aromatic N) is 2. The molecule has 0 aromatic carbocycles. The summed E-state index contributed by atoms with van der Waals surface area (Å²) in [5, 5.41) is 6.78. The largest absolute Gasteiger partial charge is 0.360 e. The van der Waals surface area contributed by atoms with Crippen molar-refractivity contribution >= 4 is 15.9 Å². The smallest absolute Gasteiger partial charge is 0.248 e. The van der Waals surface area contributed by atoms with E-state index in [1.807, 2.05) is 13.8 Å². The van der Waals surface area contributed by atoms with Crippen LogP contribution >= 0.6 is 0 Å². The Morgan fingerprint density at radius 3 is 2.33 bits per heavy atom. The van der Waals surface area contributed by atoms with Gasteiger partial charge in [-0.1, -0.05) is 19.0 Å². The topological polar surface area (TPSA) is 92.5 Å². The maximum absolute atomic E-state index is 12.8. The number of hydrogen-bond donors (Lipinski definition) is 1. The zero-order valence-corrected chi connectivity index (χ0v) is 15.6. The molecule has 2 rings (SSSR count). The number of piperidine rings is 1. The van der Waals surface area contributed by atoms with Crippen LogP contribution in [-0.2, 0) is 14.8 Å². The van der Waals surface area contributed by atoms with Gasteiger partial charge in [-0.3, -0.25) is 4.79 Å². The molecule has 0 aliphatic carbocycles. The summed E-state index contributed by atoms with van der Waals surface area (Å²) in [5.41, 5.74) is 0.376. The van der Waals surface area contributed by atoms with Gasteiger partial charge in [0, 0.05) is 25.0 Å². The molecule has 1 saturated heterocycles. The van der Waals surface area contributed by atoms with Crippen LogP contribution in [0, 0.1) is 19.8 Å². The third kappa shape index (κ3) is 3.80. The van der Waals surface area contributed by atoms with E-state index in [1.165, 1.54) is 4.31 Å². The van der Waals surface area contributed by atoms with Gasteiger partial charge in [0.05, 0.1) is 0 Å². The van der Waals surface area contributed by atoms with Gasteiger partial charge in [0.1, 0.15) is 10.6 Å². The van der Waals surface area contributed by atoms with Crippen molar-refractivity contribution in [2.24, 2.45) is 5.92 Å². The molecule has 1 fully saturated rings. The molecule has 24 heavy (non-hydrogen) atoms. The van der Waals surface area contributed by atoms with E-state index < -0.39 is 10.0 Å². The van der Waals surface area contributed by atoms with E-state index in [9.17, 15) is 13.2 Å². The number of carbonyl (C=O) groups excluding carboxylic acids is 1. The lowest BCUT2D eigenvalue weighted by Gasteiger charge is -2.31. The Morgan fingerprint density at radius 2 is 1.88 bits per heavy atom. The van der Waals surface area contributed by atoms with Gasteiger partial charge in [-0.15, -0.1) is 0 Å². The van der Waals surface area contributed by atoms with Crippen LogP contribution in [0.1, 0.15) is 51.0 Å². The van der Waals surface area contributed by atoms with Crippen LogP contribution in [0.5, 0.6) is 0 Å². The van der Waals surface area contributed by atoms with Gasteiger partial charge < -0.3 is 9.84 Å². The summed E-state index contributed by atoms with van der Waals surface area (Å²) in [6, 6.07) is 0.196. The Balaban J connectivity index is 2.01. The quantitative estimate of drug-likeness (QED) is 0.840. The highest BCUT2D eigenvalue weighted by molar-refractivity contribution is 7.89. The summed E-state index contributed by atoms with van der Waals surface area (Å²) in [6.07, 6.45) is 2.88. The number of hydrogen-bond acceptors (Lipinski definition) is 5. The van der Waals surface area contributed by atoms with Crippen molar-refractivity contribution in [2.75, 3.05) is 13.1 Å². The molecule has 0 saturated carbocycles. The molecule has 8 heteroatoms. The maximum Gasteiger partial charge on any atom is 0.248 e. The molecular formula is C16H27N3O4S. The minimum Gasteiger partial charge on any atom is -0.360 e. The summed E-state index contributed by atoms with van der Waals surface area (Å²) in [5.74, 6) is 0.223. The zero-order valence-electron chi connectivity index (χ0n) is 14.8. The lowest BCUT2D eigenvalue weighted by Crippen LogP contribution is -2.45. The lowest BCUT2D eigenvalue weighted by molar-refractivity contribution is -0.126. The number of nitrogens with one attached hydrogen (secondary N) is 1. The second-order valence-electron chi connectivity index (χ2n) is 6.35. The molecule has 1 amide bonds. The molecule has 1 N–H and O–H groups in total. The summed E-state index contributed by atoms with van der Waals surface area (Å²) < 4.78 is 31.9. The summed E-state index contributed by atoms with van der Waals surface area (Å²) in [6.45, 7) is 8.00. The summed E-state index contributed by atoms with van der Waals surface area (Å²) in [4.78, 5) is 12.5. The Kier molecular flexibility index (Phi) is 6.03. The first-order valence-corrected chi connectivity index (χ1v) is 9.98. The second-order valence-corrected chi connectivity index (χ2v) is 8.23. The fourth-order valence-electron chi connectivity index (χ4n) is 3.14. The average Bonchev–Trinajstić information content (AvgIpc) is 2.91. The third-order valence-electron chi connectivity index (χ3n) is 4.72. The number of sulfonamides is 1. The minimum absolute atomic E-state index is 0.0399. The molecule has 0 atom stereocenters. The third-order valence-corrected chi connectivity index (χ3v) is 6.87. The van der Waals surface area contributed by atoms with Gasteiger partial charge in [0.2, 0.25) is 15.9 Å². The molecular weight excluding hydrogens is 330 g/mol. The van der Waals surface area contributed by atoms with Crippen LogP contribution in [0.25, 0.3) is 0 Å². The minimum atomic E-state index is -3.62. The van der Waals surface area contributed by atoms with Crippen molar-refractivity contribution in [3.05, 3.63) is 11.5 Å². The van der Waals surface area contributed by atoms with E-state index in [0.717, 1.165) is 12.8 Å². The van der Waals surface area contributed by atoms with Gasteiger partial charge >= 0.3 is 0 Å². The number of amides is 1. The first-order valence-electron chi connectivity index (χ1n) is 8.54. The van der Waals surface area contributed by atoms with Crippen molar-refractivity contribution in [1.82, 2.24) is 14.8 Å². The normalized spacial score (nSPS) is 17.4. The average molecular weight is 357 g/mol. The molecule has 7 nitrogen and oxygen atoms in total. The predicted octanol–water partition coefficient (Wildman–Crippen LogP) is 2.00. The van der Waals surface area contributed by atoms with E-state index >= 15 is 0 Å². The van der Waals surface area contributed by atoms with Gasteiger partial charge in [-0.2, -0.15) is 4.31 Å².